The number of hydrogen-bond donors (Lipinski definition) is 1. The van der Waals surface area contributed by atoms with Crippen LogP contribution in [0.1, 0.15) is 49.6 Å². The summed E-state index contributed by atoms with van der Waals surface area (Å²) in [4.78, 5) is 28.7. The van der Waals surface area contributed by atoms with Crippen molar-refractivity contribution in [1.29, 1.82) is 0 Å². The molecule has 3 fully saturated rings. The molecule has 0 aliphatic carbocycles. The molecule has 1 N–H and O–H groups in total. The summed E-state index contributed by atoms with van der Waals surface area (Å²) in [6.07, 6.45) is 0.879. The third-order valence-electron chi connectivity index (χ3n) is 10.3. The van der Waals surface area contributed by atoms with Gasteiger partial charge in [-0.1, -0.05) is 26.5 Å². The molecule has 0 bridgehead atoms. The molecule has 0 atom stereocenters. The number of anilines is 1. The van der Waals surface area contributed by atoms with Crippen LogP contribution in [0.2, 0.25) is 0 Å². The van der Waals surface area contributed by atoms with Crippen molar-refractivity contribution in [2.75, 3.05) is 57.3 Å². The zero-order chi connectivity index (χ0) is 33.1. The van der Waals surface area contributed by atoms with Crippen molar-refractivity contribution in [1.82, 2.24) is 30.0 Å². The lowest BCUT2D eigenvalue weighted by molar-refractivity contribution is -0.153. The highest BCUT2D eigenvalue weighted by Crippen LogP contribution is 2.48. The fourth-order valence-electron chi connectivity index (χ4n) is 7.57. The van der Waals surface area contributed by atoms with Gasteiger partial charge in [0.15, 0.2) is 12.4 Å². The van der Waals surface area contributed by atoms with Crippen molar-refractivity contribution in [3.05, 3.63) is 54.0 Å². The van der Waals surface area contributed by atoms with Gasteiger partial charge >= 0.3 is 6.18 Å². The van der Waals surface area contributed by atoms with E-state index in [1.165, 1.54) is 6.08 Å². The smallest absolute Gasteiger partial charge is 0.422 e. The predicted octanol–water partition coefficient (Wildman–Crippen LogP) is 6.02. The number of piperidine rings is 1. The summed E-state index contributed by atoms with van der Waals surface area (Å²) in [7, 11) is 0. The molecule has 1 amide bonds. The van der Waals surface area contributed by atoms with E-state index in [1.807, 2.05) is 30.9 Å². The van der Waals surface area contributed by atoms with Gasteiger partial charge in [0.05, 0.1) is 11.7 Å². The van der Waals surface area contributed by atoms with Crippen molar-refractivity contribution in [2.45, 2.75) is 52.1 Å². The molecule has 3 saturated heterocycles. The number of hydrogen-bond acceptors (Lipinski definition) is 7. The Morgan fingerprint density at radius 1 is 1.13 bits per heavy atom. The lowest BCUT2D eigenvalue weighted by atomic mass is 9.72. The minimum Gasteiger partial charge on any atom is -0.481 e. The number of aryl methyl sites for hydroxylation is 2. The predicted molar refractivity (Wildman–Crippen MR) is 176 cm³/mol. The number of alkyl halides is 3. The summed E-state index contributed by atoms with van der Waals surface area (Å²) in [5, 5.41) is 8.75. The number of amides is 1. The van der Waals surface area contributed by atoms with E-state index in [4.69, 9.17) is 14.7 Å². The number of likely N-dealkylation sites (N-methyl/N-ethyl adjacent to an activating group) is 1. The third-order valence-corrected chi connectivity index (χ3v) is 10.3. The SMILES string of the molecule is C=CC(=O)N1CC2(CCN(c3nc(C4CN(CC)C4)nc4c(OCC(F)(F)F)c(-c5c(C)ccc6[nH]ncc56)c(CC)cc34)CC2)C1. The second kappa shape index (κ2) is 11.8. The van der Waals surface area contributed by atoms with Gasteiger partial charge < -0.3 is 19.4 Å². The van der Waals surface area contributed by atoms with Gasteiger partial charge in [0.1, 0.15) is 17.2 Å². The van der Waals surface area contributed by atoms with Crippen LogP contribution in [0, 0.1) is 12.3 Å². The quantitative estimate of drug-likeness (QED) is 0.234. The highest BCUT2D eigenvalue weighted by Gasteiger charge is 2.46. The molecule has 2 aromatic carbocycles. The summed E-state index contributed by atoms with van der Waals surface area (Å²) in [5.74, 6) is 1.54. The van der Waals surface area contributed by atoms with Gasteiger partial charge in [-0.2, -0.15) is 18.3 Å². The van der Waals surface area contributed by atoms with Crippen LogP contribution in [-0.2, 0) is 11.2 Å². The molecule has 7 rings (SSSR count). The summed E-state index contributed by atoms with van der Waals surface area (Å²) in [6.45, 7) is 13.6. The van der Waals surface area contributed by atoms with Crippen molar-refractivity contribution in [3.63, 3.8) is 0 Å². The molecule has 1 spiro atoms. The van der Waals surface area contributed by atoms with Gasteiger partial charge in [0.25, 0.3) is 0 Å². The first kappa shape index (κ1) is 31.4. The van der Waals surface area contributed by atoms with E-state index in [0.29, 0.717) is 41.8 Å². The topological polar surface area (TPSA) is 90.5 Å². The van der Waals surface area contributed by atoms with E-state index < -0.39 is 12.8 Å². The van der Waals surface area contributed by atoms with Gasteiger partial charge in [-0.05, 0) is 67.6 Å². The first-order chi connectivity index (χ1) is 22.5. The summed E-state index contributed by atoms with van der Waals surface area (Å²) in [6, 6.07) is 5.93. The molecular formula is C35H40F3N7O2. The number of halogens is 3. The van der Waals surface area contributed by atoms with Crippen LogP contribution < -0.4 is 9.64 Å². The number of carbonyl (C=O) groups is 1. The molecule has 12 heteroatoms. The van der Waals surface area contributed by atoms with Gasteiger partial charge in [-0.25, -0.2) is 9.97 Å². The monoisotopic (exact) mass is 647 g/mol. The number of nitrogens with one attached hydrogen (secondary N) is 1. The Balaban J connectivity index is 1.39. The van der Waals surface area contributed by atoms with Crippen LogP contribution in [-0.4, -0.2) is 94.5 Å². The molecule has 0 saturated carbocycles. The maximum Gasteiger partial charge on any atom is 0.422 e. The largest absolute Gasteiger partial charge is 0.481 e. The molecule has 248 valence electrons. The fourth-order valence-corrected chi connectivity index (χ4v) is 7.57. The molecule has 0 unspecified atom stereocenters. The van der Waals surface area contributed by atoms with Crippen molar-refractivity contribution < 1.29 is 22.7 Å². The summed E-state index contributed by atoms with van der Waals surface area (Å²) in [5.41, 5.74) is 4.44. The van der Waals surface area contributed by atoms with E-state index in [0.717, 1.165) is 79.0 Å². The molecule has 9 nitrogen and oxygen atoms in total. The first-order valence-electron chi connectivity index (χ1n) is 16.4. The fraction of sp³-hybridized carbons (Fsp3) is 0.486. The van der Waals surface area contributed by atoms with Crippen molar-refractivity contribution in [2.24, 2.45) is 5.41 Å². The van der Waals surface area contributed by atoms with Gasteiger partial charge in [-0.3, -0.25) is 9.89 Å². The number of likely N-dealkylation sites (tertiary alicyclic amines) is 2. The Morgan fingerprint density at radius 2 is 1.87 bits per heavy atom. The first-order valence-corrected chi connectivity index (χ1v) is 16.4. The number of H-pyrrole nitrogens is 1. The van der Waals surface area contributed by atoms with E-state index in [-0.39, 0.29) is 23.0 Å². The van der Waals surface area contributed by atoms with Crippen molar-refractivity contribution >= 4 is 33.5 Å². The second-order valence-electron chi connectivity index (χ2n) is 13.3. The third kappa shape index (κ3) is 5.60. The van der Waals surface area contributed by atoms with Crippen molar-refractivity contribution in [3.8, 4) is 16.9 Å². The molecule has 3 aliphatic rings. The zero-order valence-corrected chi connectivity index (χ0v) is 27.1. The Labute approximate surface area is 271 Å². The standard InChI is InChI=1S/C35H40F3N7O2/c1-5-22-14-24-30(31(47-20-35(36,37)38)29(22)28-21(4)8-9-26-25(28)15-39-42-26)40-32(23-16-43(7-3)17-23)41-33(24)44-12-10-34(11-13-44)18-45(19-34)27(46)6-2/h6,8-9,14-15,23H,2,5,7,10-13,16-20H2,1,3-4H3,(H,39,42). The molecule has 2 aromatic heterocycles. The minimum absolute atomic E-state index is 0.0400. The van der Waals surface area contributed by atoms with E-state index in [9.17, 15) is 18.0 Å². The number of benzene rings is 2. The number of fused-ring (bicyclic) bond motifs is 2. The lowest BCUT2D eigenvalue weighted by Crippen LogP contribution is -2.61. The van der Waals surface area contributed by atoms with Crippen LogP contribution in [0.15, 0.2) is 37.1 Å². The normalized spacial score (nSPS) is 18.5. The van der Waals surface area contributed by atoms with Crippen LogP contribution in [0.3, 0.4) is 0 Å². The Kier molecular flexibility index (Phi) is 7.89. The van der Waals surface area contributed by atoms with E-state index in [2.05, 4.69) is 39.6 Å². The molecule has 5 heterocycles. The molecule has 3 aliphatic heterocycles. The summed E-state index contributed by atoms with van der Waals surface area (Å²) >= 11 is 0. The molecular weight excluding hydrogens is 607 g/mol. The molecule has 47 heavy (non-hydrogen) atoms. The number of ether oxygens (including phenoxy) is 1. The van der Waals surface area contributed by atoms with Gasteiger partial charge in [0, 0.05) is 66.9 Å². The Morgan fingerprint density at radius 3 is 2.53 bits per heavy atom. The van der Waals surface area contributed by atoms with E-state index in [1.54, 1.807) is 6.20 Å². The Hall–Kier alpha value is -4.19. The maximum absolute atomic E-state index is 13.9. The highest BCUT2D eigenvalue weighted by molar-refractivity contribution is 6.05. The van der Waals surface area contributed by atoms with Crippen LogP contribution in [0.5, 0.6) is 5.75 Å². The number of aromatic amines is 1. The molecule has 4 aromatic rings. The van der Waals surface area contributed by atoms with Gasteiger partial charge in [-0.15, -0.1) is 0 Å². The lowest BCUT2D eigenvalue weighted by Gasteiger charge is -2.54. The number of aromatic nitrogens is 4. The number of rotatable bonds is 8. The average Bonchev–Trinajstić information content (AvgIpc) is 3.50. The number of carbonyl (C=O) groups excluding carboxylic acids is 1. The number of nitrogens with zero attached hydrogens (tertiary/aromatic N) is 6. The van der Waals surface area contributed by atoms with Gasteiger partial charge in [0.2, 0.25) is 5.91 Å². The minimum atomic E-state index is -4.54. The van der Waals surface area contributed by atoms with Crippen LogP contribution >= 0.6 is 0 Å². The molecule has 0 radical (unpaired) electrons. The Bertz CT molecular complexity index is 1850. The highest BCUT2D eigenvalue weighted by atomic mass is 19.4. The van der Waals surface area contributed by atoms with E-state index >= 15 is 0 Å². The maximum atomic E-state index is 13.9. The zero-order valence-electron chi connectivity index (χ0n) is 27.1. The average molecular weight is 648 g/mol. The van der Waals surface area contributed by atoms with Crippen LogP contribution in [0.25, 0.3) is 32.9 Å². The van der Waals surface area contributed by atoms with Crippen LogP contribution in [0.4, 0.5) is 19.0 Å². The summed E-state index contributed by atoms with van der Waals surface area (Å²) < 4.78 is 47.4. The second-order valence-corrected chi connectivity index (χ2v) is 13.3.